The molecule has 1 aliphatic rings. The Kier molecular flexibility index (Phi) is 7.57. The van der Waals surface area contributed by atoms with Crippen LogP contribution in [0.2, 0.25) is 0 Å². The van der Waals surface area contributed by atoms with Gasteiger partial charge in [0.15, 0.2) is 28.4 Å². The van der Waals surface area contributed by atoms with Crippen molar-refractivity contribution in [1.82, 2.24) is 0 Å². The molecule has 5 atom stereocenters. The van der Waals surface area contributed by atoms with Gasteiger partial charge in [-0.25, -0.2) is 0 Å². The maximum Gasteiger partial charge on any atom is 0.229 e. The summed E-state index contributed by atoms with van der Waals surface area (Å²) in [4.78, 5) is 12.7. The fourth-order valence-electron chi connectivity index (χ4n) is 5.18. The summed E-state index contributed by atoms with van der Waals surface area (Å²) in [5.74, 6) is -0.0484. The second-order valence-electron chi connectivity index (χ2n) is 10.2. The van der Waals surface area contributed by atoms with Gasteiger partial charge in [0.1, 0.15) is 47.1 Å². The third-order valence-electron chi connectivity index (χ3n) is 7.44. The highest BCUT2D eigenvalue weighted by molar-refractivity contribution is 6.10. The molecule has 0 bridgehead atoms. The number of hydrogen-bond donors (Lipinski definition) is 6. The van der Waals surface area contributed by atoms with Crippen molar-refractivity contribution in [3.8, 4) is 51.4 Å². The highest BCUT2D eigenvalue weighted by Gasteiger charge is 2.45. The second-order valence-corrected chi connectivity index (χ2v) is 10.2. The van der Waals surface area contributed by atoms with E-state index in [1.54, 1.807) is 18.2 Å². The van der Waals surface area contributed by atoms with Gasteiger partial charge >= 0.3 is 0 Å². The summed E-state index contributed by atoms with van der Waals surface area (Å²) < 4.78 is 34.8. The molecule has 6 rings (SSSR count). The minimum Gasteiger partial charge on any atom is -0.508 e. The molecule has 13 heteroatoms. The summed E-state index contributed by atoms with van der Waals surface area (Å²) in [6, 6.07) is 13.1. The van der Waals surface area contributed by atoms with Gasteiger partial charge in [-0.1, -0.05) is 0 Å². The Labute approximate surface area is 248 Å². The van der Waals surface area contributed by atoms with Crippen LogP contribution in [0.1, 0.15) is 0 Å². The Morgan fingerprint density at radius 3 is 2.05 bits per heavy atom. The van der Waals surface area contributed by atoms with Gasteiger partial charge in [-0.3, -0.25) is 4.79 Å². The molecule has 230 valence electrons. The van der Waals surface area contributed by atoms with E-state index in [4.69, 9.17) is 27.8 Å². The zero-order valence-corrected chi connectivity index (χ0v) is 23.3. The smallest absolute Gasteiger partial charge is 0.229 e. The van der Waals surface area contributed by atoms with Crippen molar-refractivity contribution >= 4 is 21.9 Å². The van der Waals surface area contributed by atoms with Crippen LogP contribution in [0.4, 0.5) is 0 Å². The van der Waals surface area contributed by atoms with E-state index in [-0.39, 0.29) is 57.0 Å². The van der Waals surface area contributed by atoms with E-state index < -0.39 is 42.7 Å². The normalized spacial score (nSPS) is 21.9. The van der Waals surface area contributed by atoms with E-state index in [0.29, 0.717) is 16.3 Å². The Morgan fingerprint density at radius 1 is 0.795 bits per heavy atom. The van der Waals surface area contributed by atoms with Crippen LogP contribution in [0.5, 0.6) is 28.7 Å². The highest BCUT2D eigenvalue weighted by atomic mass is 16.7. The first-order valence-corrected chi connectivity index (χ1v) is 13.4. The number of methoxy groups -OCH3 is 2. The average molecular weight is 609 g/mol. The summed E-state index contributed by atoms with van der Waals surface area (Å²) in [7, 11) is 2.68. The average Bonchev–Trinajstić information content (AvgIpc) is 3.02. The van der Waals surface area contributed by atoms with Gasteiger partial charge in [0.05, 0.1) is 26.2 Å². The van der Waals surface area contributed by atoms with Crippen LogP contribution in [0.25, 0.3) is 44.6 Å². The van der Waals surface area contributed by atoms with Gasteiger partial charge in [0, 0.05) is 28.6 Å². The molecular formula is C31H28O13. The van der Waals surface area contributed by atoms with Crippen molar-refractivity contribution in [3.05, 3.63) is 64.8 Å². The summed E-state index contributed by atoms with van der Waals surface area (Å²) in [6.07, 6.45) is -8.02. The number of rotatable bonds is 7. The minimum atomic E-state index is -1.77. The monoisotopic (exact) mass is 608 g/mol. The zero-order valence-electron chi connectivity index (χ0n) is 23.3. The molecule has 6 N–H and O–H groups in total. The summed E-state index contributed by atoms with van der Waals surface area (Å²) in [5.41, 5.74) is 0.585. The number of ether oxygens (including phenoxy) is 4. The lowest BCUT2D eigenvalue weighted by atomic mass is 9.99. The van der Waals surface area contributed by atoms with Gasteiger partial charge in [0.2, 0.25) is 12.0 Å². The summed E-state index contributed by atoms with van der Waals surface area (Å²) >= 11 is 0. The topological polar surface area (TPSA) is 202 Å². The van der Waals surface area contributed by atoms with E-state index >= 15 is 0 Å². The Bertz CT molecular complexity index is 1860. The number of hydrogen-bond acceptors (Lipinski definition) is 13. The van der Waals surface area contributed by atoms with Crippen molar-refractivity contribution in [1.29, 1.82) is 0 Å². The molecule has 0 aliphatic carbocycles. The lowest BCUT2D eigenvalue weighted by Crippen LogP contribution is -2.60. The van der Waals surface area contributed by atoms with Crippen LogP contribution in [0.3, 0.4) is 0 Å². The van der Waals surface area contributed by atoms with E-state index in [0.717, 1.165) is 0 Å². The fourth-order valence-corrected chi connectivity index (χ4v) is 5.18. The van der Waals surface area contributed by atoms with Crippen LogP contribution in [0.15, 0.2) is 68.2 Å². The van der Waals surface area contributed by atoms with Crippen LogP contribution in [0, 0.1) is 0 Å². The number of aromatic hydroxyl groups is 2. The lowest BCUT2D eigenvalue weighted by molar-refractivity contribution is -0.277. The van der Waals surface area contributed by atoms with E-state index in [2.05, 4.69) is 0 Å². The lowest BCUT2D eigenvalue weighted by Gasteiger charge is -2.39. The van der Waals surface area contributed by atoms with Crippen LogP contribution < -0.4 is 19.6 Å². The summed E-state index contributed by atoms with van der Waals surface area (Å²) in [5, 5.41) is 62.3. The Morgan fingerprint density at radius 2 is 1.43 bits per heavy atom. The quantitative estimate of drug-likeness (QED) is 0.157. The third-order valence-corrected chi connectivity index (χ3v) is 7.44. The van der Waals surface area contributed by atoms with Crippen molar-refractivity contribution in [2.45, 2.75) is 30.7 Å². The van der Waals surface area contributed by atoms with Gasteiger partial charge in [-0.05, 0) is 42.5 Å². The van der Waals surface area contributed by atoms with E-state index in [1.165, 1.54) is 50.6 Å². The third kappa shape index (κ3) is 4.96. The maximum atomic E-state index is 12.7. The van der Waals surface area contributed by atoms with Gasteiger partial charge in [-0.15, -0.1) is 0 Å². The first-order chi connectivity index (χ1) is 21.1. The number of aliphatic hydroxyl groups is 4. The molecule has 0 amide bonds. The molecule has 0 saturated carbocycles. The van der Waals surface area contributed by atoms with Crippen LogP contribution >= 0.6 is 0 Å². The fraction of sp³-hybridized carbons (Fsp3) is 0.258. The Balaban J connectivity index is 1.67. The Hall–Kier alpha value is -4.79. The SMILES string of the molecule is COc1cc(-c2oc3cc(=O)cc4oc(-c5ccc(O)cc5)cc(c2O[C@@H]2OC(CO)[C@@H](O)[C@H](O)C2O)c43)cc(OC)c1O. The summed E-state index contributed by atoms with van der Waals surface area (Å²) in [6.45, 7) is -0.686. The molecule has 5 aromatic rings. The van der Waals surface area contributed by atoms with Crippen LogP contribution in [-0.2, 0) is 4.74 Å². The predicted octanol–water partition coefficient (Wildman–Crippen LogP) is 2.48. The van der Waals surface area contributed by atoms with Crippen molar-refractivity contribution in [3.63, 3.8) is 0 Å². The number of phenols is 2. The molecule has 44 heavy (non-hydrogen) atoms. The molecule has 1 aliphatic heterocycles. The highest BCUT2D eigenvalue weighted by Crippen LogP contribution is 2.48. The van der Waals surface area contributed by atoms with Crippen LogP contribution in [-0.4, -0.2) is 82.2 Å². The molecule has 2 unspecified atom stereocenters. The second kappa shape index (κ2) is 11.4. The molecule has 0 radical (unpaired) electrons. The predicted molar refractivity (Wildman–Crippen MR) is 154 cm³/mol. The minimum absolute atomic E-state index is 0.0176. The molecule has 1 fully saturated rings. The first kappa shape index (κ1) is 29.3. The molecule has 3 heterocycles. The number of aliphatic hydroxyl groups excluding tert-OH is 4. The van der Waals surface area contributed by atoms with Gasteiger partial charge < -0.3 is 58.4 Å². The standard InChI is InChI=1S/C31H28O13/c1-39-21-7-14(8-22(40-2)25(21)35)29-30(44-31-28(38)27(37)26(36)23(12-32)43-31)17-11-18(13-3-5-15(33)6-4-13)41-19-9-16(34)10-20(42-29)24(17)19/h3-11,23,26-28,31-33,35-38H,12H2,1-2H3/t23?,26-,27+,28?,31+/m1/s1. The van der Waals surface area contributed by atoms with E-state index in [9.17, 15) is 35.4 Å². The van der Waals surface area contributed by atoms with Crippen molar-refractivity contribution in [2.24, 2.45) is 0 Å². The molecule has 0 spiro atoms. The van der Waals surface area contributed by atoms with E-state index in [1.807, 2.05) is 0 Å². The van der Waals surface area contributed by atoms with Crippen molar-refractivity contribution < 1.29 is 58.4 Å². The molecule has 13 nitrogen and oxygen atoms in total. The number of benzene rings is 3. The molecule has 3 aromatic carbocycles. The molecule has 2 aromatic heterocycles. The van der Waals surface area contributed by atoms with Gasteiger partial charge in [-0.2, -0.15) is 0 Å². The maximum absolute atomic E-state index is 12.7. The molecular weight excluding hydrogens is 580 g/mol. The first-order valence-electron chi connectivity index (χ1n) is 13.4. The largest absolute Gasteiger partial charge is 0.508 e. The number of phenolic OH excluding ortho intramolecular Hbond substituents is 2. The molecule has 1 saturated heterocycles. The van der Waals surface area contributed by atoms with Crippen molar-refractivity contribution in [2.75, 3.05) is 20.8 Å². The van der Waals surface area contributed by atoms with Gasteiger partial charge in [0.25, 0.3) is 0 Å². The zero-order chi connectivity index (χ0) is 31.3.